The van der Waals surface area contributed by atoms with Crippen LogP contribution in [0.15, 0.2) is 11.4 Å². The van der Waals surface area contributed by atoms with Crippen LogP contribution in [0.5, 0.6) is 0 Å². The fourth-order valence-corrected chi connectivity index (χ4v) is 3.61. The Morgan fingerprint density at radius 1 is 1.44 bits per heavy atom. The number of hydrogen-bond donors (Lipinski definition) is 1. The molecule has 0 radical (unpaired) electrons. The highest BCUT2D eigenvalue weighted by Gasteiger charge is 2.28. The SMILES string of the molecule is Cl.O=C(C1CCCCN1)N1CCc2sccc2C1. The first-order chi connectivity index (χ1) is 8.34. The second-order valence-corrected chi connectivity index (χ2v) is 5.88. The highest BCUT2D eigenvalue weighted by Crippen LogP contribution is 2.25. The van der Waals surface area contributed by atoms with Gasteiger partial charge in [0.1, 0.15) is 0 Å². The minimum Gasteiger partial charge on any atom is -0.337 e. The quantitative estimate of drug-likeness (QED) is 0.858. The lowest BCUT2D eigenvalue weighted by Crippen LogP contribution is -2.49. The van der Waals surface area contributed by atoms with Crippen LogP contribution in [-0.2, 0) is 17.8 Å². The van der Waals surface area contributed by atoms with Gasteiger partial charge in [-0.2, -0.15) is 0 Å². The molecule has 1 aromatic heterocycles. The molecule has 1 aromatic rings. The lowest BCUT2D eigenvalue weighted by molar-refractivity contribution is -0.134. The van der Waals surface area contributed by atoms with Crippen molar-refractivity contribution in [1.29, 1.82) is 0 Å². The van der Waals surface area contributed by atoms with Crippen molar-refractivity contribution in [2.75, 3.05) is 13.1 Å². The Labute approximate surface area is 118 Å². The van der Waals surface area contributed by atoms with Gasteiger partial charge >= 0.3 is 0 Å². The number of carbonyl (C=O) groups excluding carboxylic acids is 1. The first kappa shape index (κ1) is 13.8. The van der Waals surface area contributed by atoms with E-state index >= 15 is 0 Å². The Bertz CT molecular complexity index is 415. The van der Waals surface area contributed by atoms with Crippen molar-refractivity contribution in [3.8, 4) is 0 Å². The van der Waals surface area contributed by atoms with Gasteiger partial charge in [-0.25, -0.2) is 0 Å². The maximum atomic E-state index is 12.4. The van der Waals surface area contributed by atoms with Gasteiger partial charge in [0.2, 0.25) is 5.91 Å². The summed E-state index contributed by atoms with van der Waals surface area (Å²) in [6.45, 7) is 2.70. The molecule has 3 heterocycles. The monoisotopic (exact) mass is 286 g/mol. The van der Waals surface area contributed by atoms with E-state index in [1.165, 1.54) is 23.3 Å². The lowest BCUT2D eigenvalue weighted by Gasteiger charge is -2.32. The molecule has 0 bridgehead atoms. The van der Waals surface area contributed by atoms with Crippen molar-refractivity contribution in [3.05, 3.63) is 21.9 Å². The topological polar surface area (TPSA) is 32.3 Å². The number of nitrogens with zero attached hydrogens (tertiary/aromatic N) is 1. The average Bonchev–Trinajstić information content (AvgIpc) is 2.86. The number of thiophene rings is 1. The minimum absolute atomic E-state index is 0. The van der Waals surface area contributed by atoms with Crippen LogP contribution in [0.3, 0.4) is 0 Å². The van der Waals surface area contributed by atoms with E-state index in [2.05, 4.69) is 16.8 Å². The number of amides is 1. The standard InChI is InChI=1S/C13H18N2OS.ClH/c16-13(11-3-1-2-6-14-11)15-7-4-12-10(9-15)5-8-17-12;/h5,8,11,14H,1-4,6-7,9H2;1H. The van der Waals surface area contributed by atoms with Crippen LogP contribution in [0, 0.1) is 0 Å². The van der Waals surface area contributed by atoms with Crippen LogP contribution in [0.2, 0.25) is 0 Å². The maximum absolute atomic E-state index is 12.4. The molecule has 18 heavy (non-hydrogen) atoms. The van der Waals surface area contributed by atoms with Crippen LogP contribution in [-0.4, -0.2) is 29.9 Å². The summed E-state index contributed by atoms with van der Waals surface area (Å²) in [4.78, 5) is 15.8. The van der Waals surface area contributed by atoms with E-state index in [4.69, 9.17) is 0 Å². The number of halogens is 1. The Hall–Kier alpha value is -0.580. The maximum Gasteiger partial charge on any atom is 0.240 e. The first-order valence-electron chi connectivity index (χ1n) is 6.42. The van der Waals surface area contributed by atoms with Crippen LogP contribution in [0.25, 0.3) is 0 Å². The molecule has 1 N–H and O–H groups in total. The second kappa shape index (κ2) is 6.04. The van der Waals surface area contributed by atoms with Crippen LogP contribution < -0.4 is 5.32 Å². The molecule has 1 fully saturated rings. The molecule has 0 saturated carbocycles. The summed E-state index contributed by atoms with van der Waals surface area (Å²) in [6, 6.07) is 2.23. The molecule has 1 amide bonds. The molecular formula is C13H19ClN2OS. The Kier molecular flexibility index (Phi) is 4.65. The van der Waals surface area contributed by atoms with Crippen LogP contribution in [0.4, 0.5) is 0 Å². The summed E-state index contributed by atoms with van der Waals surface area (Å²) in [5.41, 5.74) is 1.35. The van der Waals surface area contributed by atoms with E-state index in [0.29, 0.717) is 5.91 Å². The van der Waals surface area contributed by atoms with E-state index < -0.39 is 0 Å². The van der Waals surface area contributed by atoms with Crippen LogP contribution >= 0.6 is 23.7 Å². The summed E-state index contributed by atoms with van der Waals surface area (Å²) in [7, 11) is 0. The highest BCUT2D eigenvalue weighted by atomic mass is 35.5. The normalized spacial score (nSPS) is 23.1. The number of nitrogens with one attached hydrogen (secondary N) is 1. The van der Waals surface area contributed by atoms with Crippen molar-refractivity contribution in [1.82, 2.24) is 10.2 Å². The molecule has 1 unspecified atom stereocenters. The fraction of sp³-hybridized carbons (Fsp3) is 0.615. The summed E-state index contributed by atoms with van der Waals surface area (Å²) >= 11 is 1.82. The molecule has 2 aliphatic rings. The lowest BCUT2D eigenvalue weighted by atomic mass is 10.0. The van der Waals surface area contributed by atoms with Gasteiger partial charge in [-0.3, -0.25) is 4.79 Å². The highest BCUT2D eigenvalue weighted by molar-refractivity contribution is 7.10. The zero-order chi connectivity index (χ0) is 11.7. The number of rotatable bonds is 1. The number of carbonyl (C=O) groups is 1. The molecule has 0 spiro atoms. The van der Waals surface area contributed by atoms with Crippen molar-refractivity contribution in [2.45, 2.75) is 38.3 Å². The van der Waals surface area contributed by atoms with Crippen molar-refractivity contribution in [2.24, 2.45) is 0 Å². The van der Waals surface area contributed by atoms with Gasteiger partial charge in [0.15, 0.2) is 0 Å². The fourth-order valence-electron chi connectivity index (χ4n) is 2.72. The summed E-state index contributed by atoms with van der Waals surface area (Å²) < 4.78 is 0. The van der Waals surface area contributed by atoms with E-state index in [1.54, 1.807) is 0 Å². The minimum atomic E-state index is 0. The molecule has 3 rings (SSSR count). The second-order valence-electron chi connectivity index (χ2n) is 4.88. The molecule has 0 aliphatic carbocycles. The largest absolute Gasteiger partial charge is 0.337 e. The molecule has 1 atom stereocenters. The third-order valence-corrected chi connectivity index (χ3v) is 4.75. The van der Waals surface area contributed by atoms with E-state index in [9.17, 15) is 4.79 Å². The predicted molar refractivity (Wildman–Crippen MR) is 76.3 cm³/mol. The molecule has 3 nitrogen and oxygen atoms in total. The molecule has 2 aliphatic heterocycles. The summed E-state index contributed by atoms with van der Waals surface area (Å²) in [5, 5.41) is 5.48. The number of fused-ring (bicyclic) bond motifs is 1. The van der Waals surface area contributed by atoms with Gasteiger partial charge in [0, 0.05) is 18.0 Å². The van der Waals surface area contributed by atoms with Crippen molar-refractivity contribution >= 4 is 29.7 Å². The van der Waals surface area contributed by atoms with E-state index in [-0.39, 0.29) is 18.4 Å². The average molecular weight is 287 g/mol. The third kappa shape index (κ3) is 2.71. The van der Waals surface area contributed by atoms with Crippen molar-refractivity contribution < 1.29 is 4.79 Å². The van der Waals surface area contributed by atoms with Gasteiger partial charge in [-0.05, 0) is 42.8 Å². The predicted octanol–water partition coefficient (Wildman–Crippen LogP) is 2.20. The van der Waals surface area contributed by atoms with Gasteiger partial charge in [0.05, 0.1) is 6.04 Å². The molecule has 1 saturated heterocycles. The zero-order valence-corrected chi connectivity index (χ0v) is 12.0. The molecule has 5 heteroatoms. The van der Waals surface area contributed by atoms with Gasteiger partial charge in [-0.1, -0.05) is 6.42 Å². The van der Waals surface area contributed by atoms with Crippen LogP contribution in [0.1, 0.15) is 29.7 Å². The Morgan fingerprint density at radius 2 is 2.33 bits per heavy atom. The zero-order valence-electron chi connectivity index (χ0n) is 10.4. The first-order valence-corrected chi connectivity index (χ1v) is 7.30. The molecular weight excluding hydrogens is 268 g/mol. The number of hydrogen-bond acceptors (Lipinski definition) is 3. The smallest absolute Gasteiger partial charge is 0.240 e. The molecule has 0 aromatic carbocycles. The Morgan fingerprint density at radius 3 is 3.11 bits per heavy atom. The number of piperidine rings is 1. The summed E-state index contributed by atoms with van der Waals surface area (Å²) in [6.07, 6.45) is 4.43. The third-order valence-electron chi connectivity index (χ3n) is 3.73. The van der Waals surface area contributed by atoms with Gasteiger partial charge in [0.25, 0.3) is 0 Å². The van der Waals surface area contributed by atoms with E-state index in [0.717, 1.165) is 32.5 Å². The van der Waals surface area contributed by atoms with Gasteiger partial charge in [-0.15, -0.1) is 23.7 Å². The van der Waals surface area contributed by atoms with E-state index in [1.807, 2.05) is 16.2 Å². The molecule has 100 valence electrons. The summed E-state index contributed by atoms with van der Waals surface area (Å²) in [5.74, 6) is 0.307. The van der Waals surface area contributed by atoms with Crippen molar-refractivity contribution in [3.63, 3.8) is 0 Å². The van der Waals surface area contributed by atoms with Gasteiger partial charge < -0.3 is 10.2 Å². The Balaban J connectivity index is 0.00000120.